The van der Waals surface area contributed by atoms with E-state index < -0.39 is 15.8 Å². The van der Waals surface area contributed by atoms with Crippen molar-refractivity contribution in [1.82, 2.24) is 9.55 Å². The average Bonchev–Trinajstić information content (AvgIpc) is 3.72. The third-order valence-electron chi connectivity index (χ3n) is 7.12. The maximum absolute atomic E-state index is 13.6. The molecule has 1 unspecified atom stereocenters. The van der Waals surface area contributed by atoms with Crippen LogP contribution in [0.5, 0.6) is 0 Å². The minimum atomic E-state index is -3.50. The van der Waals surface area contributed by atoms with Crippen LogP contribution in [-0.2, 0) is 38.6 Å². The van der Waals surface area contributed by atoms with Gasteiger partial charge in [0.2, 0.25) is 0 Å². The molecular weight excluding hydrogens is 474 g/mol. The summed E-state index contributed by atoms with van der Waals surface area (Å²) >= 11 is 1.50. The number of aryl methyl sites for hydroxylation is 1. The first-order valence-electron chi connectivity index (χ1n) is 12.2. The first-order valence-corrected chi connectivity index (χ1v) is 14.6. The van der Waals surface area contributed by atoms with Crippen LogP contribution in [0.1, 0.15) is 77.3 Å². The molecule has 0 amide bonds. The van der Waals surface area contributed by atoms with Crippen molar-refractivity contribution >= 4 is 38.7 Å². The number of nitrogen functional groups attached to an aromatic ring is 1. The molecule has 2 saturated carbocycles. The smallest absolute Gasteiger partial charge is 0.360 e. The largest absolute Gasteiger partial charge is 0.461 e. The summed E-state index contributed by atoms with van der Waals surface area (Å²) in [6.45, 7) is 1.96. The number of Topliss-reactive ketones (excluding diaryl/α,β-unsaturated/α-hetero) is 1. The molecule has 2 N–H and O–H groups in total. The van der Waals surface area contributed by atoms with Gasteiger partial charge in [-0.2, -0.15) is 0 Å². The lowest BCUT2D eigenvalue weighted by Gasteiger charge is -2.25. The monoisotopic (exact) mass is 505 g/mol. The Morgan fingerprint density at radius 1 is 1.24 bits per heavy atom. The predicted molar refractivity (Wildman–Crippen MR) is 129 cm³/mol. The minimum absolute atomic E-state index is 0.0889. The van der Waals surface area contributed by atoms with Gasteiger partial charge in [-0.25, -0.2) is 18.2 Å². The molecule has 0 spiro atoms. The lowest BCUT2D eigenvalue weighted by molar-refractivity contribution is -0.119. The standard InChI is InChI=1S/C24H31N3O5S2/c1-2-32-24(29)21-23(25)27(13-26-21)16-7-8-19-17(11-16)22(34(30,31)10-9-14-3-4-14)20(33-19)12-18(28)15-5-6-15/h13-16H,2-12,25H2,1H3. The van der Waals surface area contributed by atoms with Crippen LogP contribution in [0.15, 0.2) is 11.2 Å². The molecule has 3 aliphatic carbocycles. The number of carbonyl (C=O) groups is 2. The Labute approximate surface area is 203 Å². The molecule has 0 radical (unpaired) electrons. The van der Waals surface area contributed by atoms with Gasteiger partial charge < -0.3 is 15.0 Å². The molecule has 0 bridgehead atoms. The van der Waals surface area contributed by atoms with Crippen molar-refractivity contribution in [3.63, 3.8) is 0 Å². The number of hydrogen-bond donors (Lipinski definition) is 1. The summed E-state index contributed by atoms with van der Waals surface area (Å²) in [7, 11) is -3.50. The molecule has 0 saturated heterocycles. The van der Waals surface area contributed by atoms with Gasteiger partial charge in [0, 0.05) is 28.1 Å². The van der Waals surface area contributed by atoms with Crippen molar-refractivity contribution in [1.29, 1.82) is 0 Å². The fraction of sp³-hybridized carbons (Fsp3) is 0.625. The van der Waals surface area contributed by atoms with Gasteiger partial charge in [0.25, 0.3) is 0 Å². The third-order valence-corrected chi connectivity index (χ3v) is 10.4. The molecular formula is C24H31N3O5S2. The van der Waals surface area contributed by atoms with Gasteiger partial charge in [-0.1, -0.05) is 12.8 Å². The molecule has 5 rings (SSSR count). The maximum Gasteiger partial charge on any atom is 0.360 e. The number of sulfone groups is 1. The van der Waals surface area contributed by atoms with E-state index in [0.29, 0.717) is 35.0 Å². The number of carbonyl (C=O) groups excluding carboxylic acids is 2. The minimum Gasteiger partial charge on any atom is -0.461 e. The Kier molecular flexibility index (Phi) is 6.31. The molecule has 34 heavy (non-hydrogen) atoms. The van der Waals surface area contributed by atoms with E-state index >= 15 is 0 Å². The van der Waals surface area contributed by atoms with Gasteiger partial charge in [0.15, 0.2) is 15.5 Å². The van der Waals surface area contributed by atoms with Crippen LogP contribution in [0.3, 0.4) is 0 Å². The van der Waals surface area contributed by atoms with E-state index in [0.717, 1.165) is 42.5 Å². The molecule has 184 valence electrons. The molecule has 3 aliphatic rings. The maximum atomic E-state index is 13.6. The normalized spacial score (nSPS) is 20.2. The summed E-state index contributed by atoms with van der Waals surface area (Å²) < 4.78 is 33.9. The van der Waals surface area contributed by atoms with Crippen LogP contribution >= 0.6 is 11.3 Å². The Hall–Kier alpha value is -2.20. The van der Waals surface area contributed by atoms with Gasteiger partial charge in [-0.15, -0.1) is 11.3 Å². The number of ether oxygens (including phenoxy) is 1. The summed E-state index contributed by atoms with van der Waals surface area (Å²) in [4.78, 5) is 31.1. The summed E-state index contributed by atoms with van der Waals surface area (Å²) in [5, 5.41) is 0. The van der Waals surface area contributed by atoms with Crippen molar-refractivity contribution in [2.24, 2.45) is 11.8 Å². The quantitative estimate of drug-likeness (QED) is 0.490. The van der Waals surface area contributed by atoms with E-state index in [9.17, 15) is 18.0 Å². The van der Waals surface area contributed by atoms with Crippen molar-refractivity contribution < 1.29 is 22.7 Å². The first kappa shape index (κ1) is 23.5. The number of hydrogen-bond acceptors (Lipinski definition) is 8. The van der Waals surface area contributed by atoms with Crippen LogP contribution < -0.4 is 5.73 Å². The molecule has 0 aliphatic heterocycles. The highest BCUT2D eigenvalue weighted by Gasteiger charge is 2.37. The summed E-state index contributed by atoms with van der Waals surface area (Å²) in [6.07, 6.45) is 8.44. The van der Waals surface area contributed by atoms with Crippen LogP contribution in [0, 0.1) is 11.8 Å². The Bertz CT molecular complexity index is 1220. The van der Waals surface area contributed by atoms with Gasteiger partial charge in [0.05, 0.1) is 23.6 Å². The number of aromatic nitrogens is 2. The number of ketones is 1. The van der Waals surface area contributed by atoms with Crippen LogP contribution in [0.2, 0.25) is 0 Å². The second-order valence-corrected chi connectivity index (χ2v) is 13.0. The van der Waals surface area contributed by atoms with Crippen molar-refractivity contribution in [3.05, 3.63) is 27.3 Å². The molecule has 2 aromatic rings. The molecule has 2 fully saturated rings. The van der Waals surface area contributed by atoms with E-state index in [2.05, 4.69) is 4.98 Å². The van der Waals surface area contributed by atoms with Crippen LogP contribution in [0.4, 0.5) is 5.82 Å². The summed E-state index contributed by atoms with van der Waals surface area (Å²) in [6, 6.07) is -0.109. The van der Waals surface area contributed by atoms with Crippen LogP contribution in [0.25, 0.3) is 0 Å². The van der Waals surface area contributed by atoms with Crippen molar-refractivity contribution in [2.45, 2.75) is 75.6 Å². The van der Waals surface area contributed by atoms with Gasteiger partial charge in [-0.05, 0) is 56.9 Å². The number of rotatable bonds is 10. The van der Waals surface area contributed by atoms with E-state index in [1.807, 2.05) is 0 Å². The number of anilines is 1. The second kappa shape index (κ2) is 9.11. The summed E-state index contributed by atoms with van der Waals surface area (Å²) in [5.41, 5.74) is 7.17. The second-order valence-electron chi connectivity index (χ2n) is 9.73. The Balaban J connectivity index is 1.46. The zero-order valence-corrected chi connectivity index (χ0v) is 21.1. The number of fused-ring (bicyclic) bond motifs is 1. The van der Waals surface area contributed by atoms with E-state index in [1.54, 1.807) is 17.8 Å². The highest BCUT2D eigenvalue weighted by atomic mass is 32.2. The Morgan fingerprint density at radius 2 is 2.00 bits per heavy atom. The molecule has 2 heterocycles. The first-order chi connectivity index (χ1) is 16.3. The van der Waals surface area contributed by atoms with Crippen molar-refractivity contribution in [2.75, 3.05) is 18.1 Å². The summed E-state index contributed by atoms with van der Waals surface area (Å²) in [5.74, 6) is 0.587. The zero-order chi connectivity index (χ0) is 24.0. The number of imidazole rings is 1. The number of nitrogens with zero attached hydrogens (tertiary/aromatic N) is 2. The highest BCUT2D eigenvalue weighted by molar-refractivity contribution is 7.91. The third kappa shape index (κ3) is 4.66. The molecule has 1 atom stereocenters. The zero-order valence-electron chi connectivity index (χ0n) is 19.4. The van der Waals surface area contributed by atoms with E-state index in [4.69, 9.17) is 10.5 Å². The number of esters is 1. The number of nitrogens with two attached hydrogens (primary N) is 1. The SMILES string of the molecule is CCOC(=O)c1ncn(C2CCc3sc(CC(=O)C4CC4)c(S(=O)(=O)CCC4CC4)c3C2)c1N. The lowest BCUT2D eigenvalue weighted by Crippen LogP contribution is -2.21. The van der Waals surface area contributed by atoms with Crippen molar-refractivity contribution in [3.8, 4) is 0 Å². The van der Waals surface area contributed by atoms with E-state index in [-0.39, 0.29) is 48.0 Å². The van der Waals surface area contributed by atoms with Gasteiger partial charge in [-0.3, -0.25) is 4.79 Å². The van der Waals surface area contributed by atoms with Gasteiger partial charge >= 0.3 is 5.97 Å². The van der Waals surface area contributed by atoms with E-state index in [1.165, 1.54) is 11.3 Å². The Morgan fingerprint density at radius 3 is 2.68 bits per heavy atom. The van der Waals surface area contributed by atoms with Crippen LogP contribution in [-0.4, -0.2) is 42.1 Å². The molecule has 0 aromatic carbocycles. The predicted octanol–water partition coefficient (Wildman–Crippen LogP) is 3.53. The van der Waals surface area contributed by atoms with Gasteiger partial charge in [0.1, 0.15) is 11.6 Å². The topological polar surface area (TPSA) is 121 Å². The molecule has 10 heteroatoms. The molecule has 8 nitrogen and oxygen atoms in total. The average molecular weight is 506 g/mol. The highest BCUT2D eigenvalue weighted by Crippen LogP contribution is 2.44. The fourth-order valence-corrected chi connectivity index (χ4v) is 8.54. The number of thiophene rings is 1. The molecule has 2 aromatic heterocycles. The fourth-order valence-electron chi connectivity index (χ4n) is 4.87. The lowest BCUT2D eigenvalue weighted by atomic mass is 9.93.